The lowest BCUT2D eigenvalue weighted by Gasteiger charge is -2.17. The van der Waals surface area contributed by atoms with Crippen LogP contribution in [0.1, 0.15) is 38.8 Å². The van der Waals surface area contributed by atoms with Gasteiger partial charge in [-0.2, -0.15) is 0 Å². The van der Waals surface area contributed by atoms with Crippen LogP contribution in [-0.4, -0.2) is 24.5 Å². The predicted octanol–water partition coefficient (Wildman–Crippen LogP) is 5.03. The van der Waals surface area contributed by atoms with E-state index in [-0.39, 0.29) is 23.6 Å². The number of benzene rings is 2. The predicted molar refractivity (Wildman–Crippen MR) is 130 cm³/mol. The maximum Gasteiger partial charge on any atom is 0.268 e. The van der Waals surface area contributed by atoms with Crippen LogP contribution in [0.4, 0.5) is 0 Å². The number of thiophene rings is 1. The van der Waals surface area contributed by atoms with E-state index in [2.05, 4.69) is 17.6 Å². The average Bonchev–Trinajstić information content (AvgIpc) is 3.27. The molecule has 1 heterocycles. The Labute approximate surface area is 193 Å². The molecule has 1 aromatic heterocycles. The third kappa shape index (κ3) is 6.56. The highest BCUT2D eigenvalue weighted by Crippen LogP contribution is 2.17. The molecule has 0 saturated carbocycles. The lowest BCUT2D eigenvalue weighted by Crippen LogP contribution is -2.41. The number of ether oxygens (including phenoxy) is 1. The van der Waals surface area contributed by atoms with E-state index in [0.29, 0.717) is 12.2 Å². The van der Waals surface area contributed by atoms with Gasteiger partial charge in [0.25, 0.3) is 11.8 Å². The number of amides is 2. The van der Waals surface area contributed by atoms with Crippen LogP contribution >= 0.6 is 11.3 Å². The van der Waals surface area contributed by atoms with Gasteiger partial charge in [0.1, 0.15) is 18.1 Å². The van der Waals surface area contributed by atoms with Gasteiger partial charge < -0.3 is 15.4 Å². The van der Waals surface area contributed by atoms with Gasteiger partial charge in [0.05, 0.1) is 6.04 Å². The van der Waals surface area contributed by atoms with Crippen molar-refractivity contribution in [1.82, 2.24) is 10.6 Å². The van der Waals surface area contributed by atoms with Gasteiger partial charge in [-0.3, -0.25) is 9.59 Å². The van der Waals surface area contributed by atoms with E-state index in [0.717, 1.165) is 21.8 Å². The number of rotatable bonds is 8. The minimum atomic E-state index is -0.365. The average molecular weight is 449 g/mol. The Morgan fingerprint density at radius 3 is 2.53 bits per heavy atom. The Morgan fingerprint density at radius 2 is 1.84 bits per heavy atom. The Balaban J connectivity index is 1.68. The monoisotopic (exact) mass is 448 g/mol. The van der Waals surface area contributed by atoms with Gasteiger partial charge in [0, 0.05) is 10.4 Å². The van der Waals surface area contributed by atoms with Gasteiger partial charge in [0.2, 0.25) is 0 Å². The van der Waals surface area contributed by atoms with E-state index in [1.807, 2.05) is 68.6 Å². The Bertz CT molecular complexity index is 1120. The van der Waals surface area contributed by atoms with Crippen molar-refractivity contribution in [3.63, 3.8) is 0 Å². The molecule has 0 radical (unpaired) electrons. The molecule has 1 atom stereocenters. The Kier molecular flexibility index (Phi) is 7.84. The molecule has 0 aliphatic heterocycles. The highest BCUT2D eigenvalue weighted by Gasteiger charge is 2.17. The number of hydrogen-bond donors (Lipinski definition) is 2. The largest absolute Gasteiger partial charge is 0.491 e. The smallest absolute Gasteiger partial charge is 0.268 e. The fourth-order valence-corrected chi connectivity index (χ4v) is 3.68. The standard InChI is InChI=1S/C26H28N2O3S/c1-17-7-5-8-21(13-17)25(29)28-24(15-23-9-6-12-32-23)26(30)27-20(4)16-31-22-11-10-18(2)19(3)14-22/h5-15,20H,16H2,1-4H3,(H,27,30)(H,28,29)/b24-15-/t20-/m1/s1. The molecular formula is C26H28N2O3S. The quantitative estimate of drug-likeness (QED) is 0.475. The third-order valence-corrected chi connectivity index (χ3v) is 5.78. The van der Waals surface area contributed by atoms with Crippen LogP contribution in [-0.2, 0) is 4.79 Å². The van der Waals surface area contributed by atoms with Crippen molar-refractivity contribution in [3.05, 3.63) is 92.8 Å². The number of aryl methyl sites for hydroxylation is 3. The van der Waals surface area contributed by atoms with Crippen molar-refractivity contribution < 1.29 is 14.3 Å². The molecule has 2 amide bonds. The van der Waals surface area contributed by atoms with Crippen LogP contribution in [0.15, 0.2) is 65.7 Å². The van der Waals surface area contributed by atoms with Crippen molar-refractivity contribution in [2.75, 3.05) is 6.61 Å². The maximum atomic E-state index is 13.0. The molecule has 0 spiro atoms. The minimum Gasteiger partial charge on any atom is -0.491 e. The summed E-state index contributed by atoms with van der Waals surface area (Å²) in [5.41, 5.74) is 4.02. The summed E-state index contributed by atoms with van der Waals surface area (Å²) in [7, 11) is 0. The van der Waals surface area contributed by atoms with Gasteiger partial charge in [0.15, 0.2) is 0 Å². The van der Waals surface area contributed by atoms with Crippen LogP contribution < -0.4 is 15.4 Å². The first kappa shape index (κ1) is 23.3. The number of carbonyl (C=O) groups excluding carboxylic acids is 2. The molecule has 3 rings (SSSR count). The summed E-state index contributed by atoms with van der Waals surface area (Å²) in [5.74, 6) is 0.0672. The van der Waals surface area contributed by atoms with Crippen LogP contribution in [0.2, 0.25) is 0 Å². The molecule has 0 unspecified atom stereocenters. The molecular weight excluding hydrogens is 420 g/mol. The summed E-state index contributed by atoms with van der Waals surface area (Å²) in [5, 5.41) is 7.60. The zero-order valence-corrected chi connectivity index (χ0v) is 19.6. The molecule has 166 valence electrons. The topological polar surface area (TPSA) is 67.4 Å². The highest BCUT2D eigenvalue weighted by atomic mass is 32.1. The van der Waals surface area contributed by atoms with E-state index >= 15 is 0 Å². The molecule has 6 heteroatoms. The molecule has 0 aliphatic carbocycles. The van der Waals surface area contributed by atoms with Gasteiger partial charge in [-0.15, -0.1) is 11.3 Å². The molecule has 32 heavy (non-hydrogen) atoms. The molecule has 2 aromatic carbocycles. The van der Waals surface area contributed by atoms with Crippen LogP contribution in [0.5, 0.6) is 5.75 Å². The minimum absolute atomic E-state index is 0.192. The van der Waals surface area contributed by atoms with Crippen LogP contribution in [0, 0.1) is 20.8 Å². The van der Waals surface area contributed by atoms with Gasteiger partial charge in [-0.05, 0) is 80.6 Å². The van der Waals surface area contributed by atoms with Crippen LogP contribution in [0.3, 0.4) is 0 Å². The van der Waals surface area contributed by atoms with E-state index in [1.54, 1.807) is 18.2 Å². The SMILES string of the molecule is Cc1cccc(C(=O)N/C(=C\c2cccs2)C(=O)N[C@H](C)COc2ccc(C)c(C)c2)c1. The molecule has 0 aliphatic rings. The van der Waals surface area contributed by atoms with Crippen molar-refractivity contribution in [3.8, 4) is 5.75 Å². The lowest BCUT2D eigenvalue weighted by molar-refractivity contribution is -0.118. The summed E-state index contributed by atoms with van der Waals surface area (Å²) in [4.78, 5) is 26.6. The second-order valence-corrected chi connectivity index (χ2v) is 8.81. The Hall–Kier alpha value is -3.38. The van der Waals surface area contributed by atoms with Gasteiger partial charge in [-0.25, -0.2) is 0 Å². The lowest BCUT2D eigenvalue weighted by atomic mass is 10.1. The van der Waals surface area contributed by atoms with E-state index in [9.17, 15) is 9.59 Å². The molecule has 2 N–H and O–H groups in total. The first-order valence-corrected chi connectivity index (χ1v) is 11.3. The molecule has 0 saturated heterocycles. The normalized spacial score (nSPS) is 12.2. The van der Waals surface area contributed by atoms with Gasteiger partial charge in [-0.1, -0.05) is 29.8 Å². The van der Waals surface area contributed by atoms with Gasteiger partial charge >= 0.3 is 0 Å². The molecule has 0 bridgehead atoms. The first-order chi connectivity index (χ1) is 15.3. The Morgan fingerprint density at radius 1 is 1.03 bits per heavy atom. The number of hydrogen-bond acceptors (Lipinski definition) is 4. The summed E-state index contributed by atoms with van der Waals surface area (Å²) < 4.78 is 5.83. The number of carbonyl (C=O) groups is 2. The summed E-state index contributed by atoms with van der Waals surface area (Å²) in [6.45, 7) is 8.18. The second kappa shape index (κ2) is 10.8. The number of nitrogens with one attached hydrogen (secondary N) is 2. The van der Waals surface area contributed by atoms with Crippen molar-refractivity contribution >= 4 is 29.2 Å². The van der Waals surface area contributed by atoms with E-state index in [1.165, 1.54) is 16.9 Å². The van der Waals surface area contributed by atoms with Crippen molar-refractivity contribution in [2.45, 2.75) is 33.7 Å². The molecule has 3 aromatic rings. The summed E-state index contributed by atoms with van der Waals surface area (Å²) in [6, 6.07) is 16.7. The van der Waals surface area contributed by atoms with Crippen molar-refractivity contribution in [1.29, 1.82) is 0 Å². The van der Waals surface area contributed by atoms with Crippen LogP contribution in [0.25, 0.3) is 6.08 Å². The summed E-state index contributed by atoms with van der Waals surface area (Å²) >= 11 is 1.49. The molecule has 5 nitrogen and oxygen atoms in total. The molecule has 0 fully saturated rings. The first-order valence-electron chi connectivity index (χ1n) is 10.5. The van der Waals surface area contributed by atoms with E-state index in [4.69, 9.17) is 4.74 Å². The highest BCUT2D eigenvalue weighted by molar-refractivity contribution is 7.10. The summed E-state index contributed by atoms with van der Waals surface area (Å²) in [6.07, 6.45) is 1.69. The maximum absolute atomic E-state index is 13.0. The zero-order chi connectivity index (χ0) is 23.1. The third-order valence-electron chi connectivity index (χ3n) is 4.96. The van der Waals surface area contributed by atoms with Crippen molar-refractivity contribution in [2.24, 2.45) is 0 Å². The second-order valence-electron chi connectivity index (χ2n) is 7.83. The fourth-order valence-electron chi connectivity index (χ4n) is 3.02. The van der Waals surface area contributed by atoms with E-state index < -0.39 is 0 Å². The zero-order valence-electron chi connectivity index (χ0n) is 18.8. The fraction of sp³-hybridized carbons (Fsp3) is 0.231.